The molecule has 0 spiro atoms. The van der Waals surface area contributed by atoms with Gasteiger partial charge in [-0.25, -0.2) is 0 Å². The Morgan fingerprint density at radius 1 is 1.19 bits per heavy atom. The Morgan fingerprint density at radius 3 is 2.19 bits per heavy atom. The largest absolute Gasteiger partial charge is 0.316 e. The SMILES string of the molecule is C/C=C(\C=C/CC)C(CC)CNCC.CC. The van der Waals surface area contributed by atoms with E-state index in [1.165, 1.54) is 12.0 Å². The topological polar surface area (TPSA) is 12.0 Å². The molecule has 0 aromatic rings. The smallest absolute Gasteiger partial charge is 0.00198 e. The van der Waals surface area contributed by atoms with E-state index in [0.29, 0.717) is 5.92 Å². The van der Waals surface area contributed by atoms with Crippen LogP contribution < -0.4 is 5.32 Å². The van der Waals surface area contributed by atoms with E-state index in [1.54, 1.807) is 0 Å². The van der Waals surface area contributed by atoms with Crippen molar-refractivity contribution in [1.82, 2.24) is 5.32 Å². The van der Waals surface area contributed by atoms with E-state index in [1.807, 2.05) is 13.8 Å². The molecule has 0 aromatic carbocycles. The minimum absolute atomic E-state index is 0.669. The zero-order chi connectivity index (χ0) is 12.8. The van der Waals surface area contributed by atoms with Gasteiger partial charge in [0.05, 0.1) is 0 Å². The van der Waals surface area contributed by atoms with E-state index < -0.39 is 0 Å². The molecule has 0 aliphatic carbocycles. The molecule has 0 bridgehead atoms. The lowest BCUT2D eigenvalue weighted by molar-refractivity contribution is 0.539. The lowest BCUT2D eigenvalue weighted by Gasteiger charge is -2.16. The molecule has 0 fully saturated rings. The molecule has 0 heterocycles. The molecule has 16 heavy (non-hydrogen) atoms. The molecule has 0 aliphatic heterocycles. The first-order chi connectivity index (χ1) is 7.79. The predicted molar refractivity (Wildman–Crippen MR) is 76.9 cm³/mol. The van der Waals surface area contributed by atoms with E-state index in [2.05, 4.69) is 51.2 Å². The van der Waals surface area contributed by atoms with E-state index in [9.17, 15) is 0 Å². The molecule has 0 radical (unpaired) electrons. The zero-order valence-electron chi connectivity index (χ0n) is 12.1. The van der Waals surface area contributed by atoms with Crippen LogP contribution in [0.25, 0.3) is 0 Å². The first-order valence-corrected chi connectivity index (χ1v) is 6.83. The van der Waals surface area contributed by atoms with Crippen molar-refractivity contribution in [2.75, 3.05) is 13.1 Å². The molecule has 1 N–H and O–H groups in total. The molecule has 0 saturated heterocycles. The van der Waals surface area contributed by atoms with Crippen LogP contribution in [-0.2, 0) is 0 Å². The molecular weight excluding hydrogens is 194 g/mol. The van der Waals surface area contributed by atoms with E-state index in [0.717, 1.165) is 19.5 Å². The van der Waals surface area contributed by atoms with Crippen LogP contribution >= 0.6 is 0 Å². The Kier molecular flexibility index (Phi) is 16.1. The Labute approximate surface area is 103 Å². The Morgan fingerprint density at radius 2 is 1.81 bits per heavy atom. The molecule has 0 aromatic heterocycles. The quantitative estimate of drug-likeness (QED) is 0.626. The maximum atomic E-state index is 3.42. The van der Waals surface area contributed by atoms with Crippen molar-refractivity contribution in [2.45, 2.75) is 54.4 Å². The lowest BCUT2D eigenvalue weighted by Crippen LogP contribution is -2.23. The first kappa shape index (κ1) is 17.8. The van der Waals surface area contributed by atoms with Gasteiger partial charge in [-0.3, -0.25) is 0 Å². The Hall–Kier alpha value is -0.560. The molecule has 96 valence electrons. The molecule has 1 atom stereocenters. The van der Waals surface area contributed by atoms with Gasteiger partial charge in [0, 0.05) is 6.54 Å². The highest BCUT2D eigenvalue weighted by molar-refractivity contribution is 5.21. The third-order valence-corrected chi connectivity index (χ3v) is 2.48. The van der Waals surface area contributed by atoms with Gasteiger partial charge >= 0.3 is 0 Å². The highest BCUT2D eigenvalue weighted by atomic mass is 14.8. The Balaban J connectivity index is 0. The summed E-state index contributed by atoms with van der Waals surface area (Å²) in [4.78, 5) is 0. The van der Waals surface area contributed by atoms with Gasteiger partial charge < -0.3 is 5.32 Å². The fraction of sp³-hybridized carbons (Fsp3) is 0.733. The number of hydrogen-bond donors (Lipinski definition) is 1. The maximum absolute atomic E-state index is 3.42. The summed E-state index contributed by atoms with van der Waals surface area (Å²) < 4.78 is 0. The summed E-state index contributed by atoms with van der Waals surface area (Å²) in [6.45, 7) is 14.9. The molecule has 0 saturated carbocycles. The molecule has 0 rings (SSSR count). The highest BCUT2D eigenvalue weighted by Crippen LogP contribution is 2.15. The van der Waals surface area contributed by atoms with Gasteiger partial charge in [0.1, 0.15) is 0 Å². The van der Waals surface area contributed by atoms with Crippen molar-refractivity contribution >= 4 is 0 Å². The number of rotatable bonds is 7. The van der Waals surface area contributed by atoms with Crippen LogP contribution in [0.1, 0.15) is 54.4 Å². The Bertz CT molecular complexity index is 180. The van der Waals surface area contributed by atoms with Gasteiger partial charge in [-0.15, -0.1) is 0 Å². The van der Waals surface area contributed by atoms with Crippen LogP contribution in [0.4, 0.5) is 0 Å². The second kappa shape index (κ2) is 14.4. The van der Waals surface area contributed by atoms with Crippen LogP contribution in [0.15, 0.2) is 23.8 Å². The summed E-state index contributed by atoms with van der Waals surface area (Å²) in [6.07, 6.45) is 9.07. The highest BCUT2D eigenvalue weighted by Gasteiger charge is 2.07. The minimum atomic E-state index is 0.669. The number of allylic oxidation sites excluding steroid dienone is 3. The average molecular weight is 225 g/mol. The molecule has 1 nitrogen and oxygen atoms in total. The summed E-state index contributed by atoms with van der Waals surface area (Å²) >= 11 is 0. The maximum Gasteiger partial charge on any atom is 0.00198 e. The van der Waals surface area contributed by atoms with Crippen molar-refractivity contribution in [3.8, 4) is 0 Å². The second-order valence-electron chi connectivity index (χ2n) is 3.51. The third-order valence-electron chi connectivity index (χ3n) is 2.48. The summed E-state index contributed by atoms with van der Waals surface area (Å²) in [6, 6.07) is 0. The van der Waals surface area contributed by atoms with Crippen LogP contribution in [0, 0.1) is 5.92 Å². The van der Waals surface area contributed by atoms with Gasteiger partial charge in [0.15, 0.2) is 0 Å². The van der Waals surface area contributed by atoms with Gasteiger partial charge in [0.2, 0.25) is 0 Å². The molecule has 1 unspecified atom stereocenters. The van der Waals surface area contributed by atoms with Crippen LogP contribution in [0.5, 0.6) is 0 Å². The number of nitrogens with one attached hydrogen (secondary N) is 1. The monoisotopic (exact) mass is 225 g/mol. The molecule has 1 heteroatoms. The summed E-state index contributed by atoms with van der Waals surface area (Å²) in [7, 11) is 0. The van der Waals surface area contributed by atoms with Gasteiger partial charge in [-0.05, 0) is 37.8 Å². The van der Waals surface area contributed by atoms with Gasteiger partial charge in [-0.2, -0.15) is 0 Å². The third kappa shape index (κ3) is 8.72. The molecule has 0 amide bonds. The van der Waals surface area contributed by atoms with E-state index in [-0.39, 0.29) is 0 Å². The normalized spacial score (nSPS) is 13.5. The summed E-state index contributed by atoms with van der Waals surface area (Å²) in [5.41, 5.74) is 1.47. The summed E-state index contributed by atoms with van der Waals surface area (Å²) in [5.74, 6) is 0.669. The minimum Gasteiger partial charge on any atom is -0.316 e. The van der Waals surface area contributed by atoms with Crippen molar-refractivity contribution in [3.63, 3.8) is 0 Å². The number of hydrogen-bond acceptors (Lipinski definition) is 1. The van der Waals surface area contributed by atoms with Crippen LogP contribution in [0.2, 0.25) is 0 Å². The molecule has 0 aliphatic rings. The van der Waals surface area contributed by atoms with Gasteiger partial charge in [0.25, 0.3) is 0 Å². The fourth-order valence-electron chi connectivity index (χ4n) is 1.54. The van der Waals surface area contributed by atoms with Crippen molar-refractivity contribution in [1.29, 1.82) is 0 Å². The van der Waals surface area contributed by atoms with Gasteiger partial charge in [-0.1, -0.05) is 52.8 Å². The van der Waals surface area contributed by atoms with E-state index >= 15 is 0 Å². The van der Waals surface area contributed by atoms with Crippen molar-refractivity contribution in [3.05, 3.63) is 23.8 Å². The molecular formula is C15H31N. The van der Waals surface area contributed by atoms with Crippen molar-refractivity contribution < 1.29 is 0 Å². The second-order valence-corrected chi connectivity index (χ2v) is 3.51. The average Bonchev–Trinajstić information content (AvgIpc) is 2.36. The lowest BCUT2D eigenvalue weighted by atomic mass is 9.95. The fourth-order valence-corrected chi connectivity index (χ4v) is 1.54. The van der Waals surface area contributed by atoms with E-state index in [4.69, 9.17) is 0 Å². The predicted octanol–water partition coefficient (Wildman–Crippen LogP) is 4.56. The summed E-state index contributed by atoms with van der Waals surface area (Å²) in [5, 5.41) is 3.42. The first-order valence-electron chi connectivity index (χ1n) is 6.83. The van der Waals surface area contributed by atoms with Crippen LogP contribution in [-0.4, -0.2) is 13.1 Å². The van der Waals surface area contributed by atoms with Crippen molar-refractivity contribution in [2.24, 2.45) is 5.92 Å². The standard InChI is InChI=1S/C13H25N.C2H6/c1-5-9-10-12(6-2)13(7-3)11-14-8-4;1-2/h6,9-10,13-14H,5,7-8,11H2,1-4H3;1-2H3/b10-9-,12-6+;. The van der Waals surface area contributed by atoms with Crippen LogP contribution in [0.3, 0.4) is 0 Å². The zero-order valence-corrected chi connectivity index (χ0v) is 12.1.